The zero-order valence-corrected chi connectivity index (χ0v) is 17.5. The van der Waals surface area contributed by atoms with Gasteiger partial charge in [-0.05, 0) is 30.2 Å². The van der Waals surface area contributed by atoms with Crippen LogP contribution in [0.1, 0.15) is 5.56 Å². The highest BCUT2D eigenvalue weighted by atomic mass is 19.1. The highest BCUT2D eigenvalue weighted by molar-refractivity contribution is 6.07. The maximum Gasteiger partial charge on any atom is 0.337 e. The van der Waals surface area contributed by atoms with Gasteiger partial charge in [0.15, 0.2) is 0 Å². The summed E-state index contributed by atoms with van der Waals surface area (Å²) in [5.41, 5.74) is -0.0763. The lowest BCUT2D eigenvalue weighted by atomic mass is 9.79. The molecule has 0 aliphatic carbocycles. The molecule has 8 heteroatoms. The van der Waals surface area contributed by atoms with Gasteiger partial charge >= 0.3 is 5.97 Å². The summed E-state index contributed by atoms with van der Waals surface area (Å²) < 4.78 is 38.9. The minimum Gasteiger partial charge on any atom is -0.466 e. The van der Waals surface area contributed by atoms with Crippen molar-refractivity contribution in [3.05, 3.63) is 89.0 Å². The Morgan fingerprint density at radius 2 is 1.84 bits per heavy atom. The van der Waals surface area contributed by atoms with E-state index in [1.807, 2.05) is 30.3 Å². The first-order chi connectivity index (χ1) is 15.4. The van der Waals surface area contributed by atoms with Gasteiger partial charge in [-0.3, -0.25) is 4.79 Å². The topological polar surface area (TPSA) is 76.7 Å². The highest BCUT2D eigenvalue weighted by Gasteiger charge is 2.57. The number of anilines is 1. The van der Waals surface area contributed by atoms with Crippen molar-refractivity contribution in [2.45, 2.75) is 24.2 Å². The van der Waals surface area contributed by atoms with Gasteiger partial charge in [-0.2, -0.15) is 0 Å². The van der Waals surface area contributed by atoms with Gasteiger partial charge < -0.3 is 20.1 Å². The molecular weight excluding hydrogens is 418 g/mol. The number of nitrogens with one attached hydrogen (secondary N) is 2. The molecule has 0 spiro atoms. The molecule has 2 aliphatic heterocycles. The van der Waals surface area contributed by atoms with Crippen LogP contribution < -0.4 is 10.6 Å². The number of carbonyl (C=O) groups excluding carboxylic acids is 2. The number of hydrogen-bond acceptors (Lipinski definition) is 5. The van der Waals surface area contributed by atoms with Crippen LogP contribution in [-0.4, -0.2) is 43.8 Å². The molecule has 0 saturated carbocycles. The molecule has 3 unspecified atom stereocenters. The van der Waals surface area contributed by atoms with Crippen molar-refractivity contribution >= 4 is 17.6 Å². The second-order valence-electron chi connectivity index (χ2n) is 7.59. The van der Waals surface area contributed by atoms with E-state index in [0.717, 1.165) is 23.8 Å². The Kier molecular flexibility index (Phi) is 5.80. The van der Waals surface area contributed by atoms with Gasteiger partial charge in [-0.15, -0.1) is 0 Å². The van der Waals surface area contributed by atoms with Crippen LogP contribution in [0, 0.1) is 11.6 Å². The molecule has 0 radical (unpaired) electrons. The van der Waals surface area contributed by atoms with Crippen molar-refractivity contribution in [2.75, 3.05) is 19.5 Å². The molecule has 2 aliphatic rings. The summed E-state index contributed by atoms with van der Waals surface area (Å²) in [6.07, 6.45) is 2.99. The first kappa shape index (κ1) is 21.7. The third kappa shape index (κ3) is 3.78. The highest BCUT2D eigenvalue weighted by Crippen LogP contribution is 2.47. The summed E-state index contributed by atoms with van der Waals surface area (Å²) in [5.74, 6) is -2.66. The third-order valence-corrected chi connectivity index (χ3v) is 5.65. The fourth-order valence-electron chi connectivity index (χ4n) is 4.29. The number of ether oxygens (including phenoxy) is 2. The SMILES string of the molecule is CNC(=O)C1=C(C(=O)OC)C2(C(Cc3ccccc3)Nc3cc(F)cc(F)c3)C=CC1O2. The second kappa shape index (κ2) is 8.55. The van der Waals surface area contributed by atoms with E-state index in [1.54, 1.807) is 12.2 Å². The summed E-state index contributed by atoms with van der Waals surface area (Å²) in [6.45, 7) is 0. The van der Waals surface area contributed by atoms with E-state index in [9.17, 15) is 18.4 Å². The first-order valence-corrected chi connectivity index (χ1v) is 10.1. The zero-order chi connectivity index (χ0) is 22.9. The molecule has 166 valence electrons. The van der Waals surface area contributed by atoms with Crippen LogP contribution in [0.5, 0.6) is 0 Å². The van der Waals surface area contributed by atoms with Gasteiger partial charge in [0, 0.05) is 18.8 Å². The molecule has 3 atom stereocenters. The molecule has 2 aromatic carbocycles. The number of esters is 1. The van der Waals surface area contributed by atoms with Gasteiger partial charge in [0.05, 0.1) is 24.3 Å². The minimum atomic E-state index is -1.38. The Balaban J connectivity index is 1.83. The molecule has 6 nitrogen and oxygen atoms in total. The Hall–Kier alpha value is -3.52. The number of benzene rings is 2. The number of carbonyl (C=O) groups is 2. The van der Waals surface area contributed by atoms with Gasteiger partial charge in [0.1, 0.15) is 23.3 Å². The monoisotopic (exact) mass is 440 g/mol. The molecule has 0 fully saturated rings. The summed E-state index contributed by atoms with van der Waals surface area (Å²) in [4.78, 5) is 25.4. The van der Waals surface area contributed by atoms with Gasteiger partial charge in [0.25, 0.3) is 5.91 Å². The molecule has 32 heavy (non-hydrogen) atoms. The van der Waals surface area contributed by atoms with Crippen LogP contribution in [0.3, 0.4) is 0 Å². The Morgan fingerprint density at radius 3 is 2.47 bits per heavy atom. The number of likely N-dealkylation sites (N-methyl/N-ethyl adjacent to an activating group) is 1. The number of amides is 1. The molecule has 2 N–H and O–H groups in total. The zero-order valence-electron chi connectivity index (χ0n) is 17.5. The summed E-state index contributed by atoms with van der Waals surface area (Å²) >= 11 is 0. The van der Waals surface area contributed by atoms with Crippen LogP contribution in [0.15, 0.2) is 71.8 Å². The standard InChI is InChI=1S/C24H22F2N2O4/c1-27-22(29)20-18-8-9-24(32-18,21(20)23(30)31-2)19(10-14-6-4-3-5-7-14)28-17-12-15(25)11-16(26)13-17/h3-9,11-13,18-19,28H,10H2,1-2H3,(H,27,29). The molecule has 1 amide bonds. The Morgan fingerprint density at radius 1 is 1.16 bits per heavy atom. The molecule has 2 aromatic rings. The number of halogens is 2. The van der Waals surface area contributed by atoms with Crippen molar-refractivity contribution in [1.82, 2.24) is 5.32 Å². The Bertz CT molecular complexity index is 1100. The normalized spacial score (nSPS) is 22.1. The largest absolute Gasteiger partial charge is 0.466 e. The van der Waals surface area contributed by atoms with Crippen molar-refractivity contribution in [3.8, 4) is 0 Å². The lowest BCUT2D eigenvalue weighted by Crippen LogP contribution is -2.49. The van der Waals surface area contributed by atoms with E-state index >= 15 is 0 Å². The molecule has 2 heterocycles. The average Bonchev–Trinajstić information content (AvgIpc) is 3.36. The molecular formula is C24H22F2N2O4. The van der Waals surface area contributed by atoms with Crippen molar-refractivity contribution < 1.29 is 27.8 Å². The number of methoxy groups -OCH3 is 1. The van der Waals surface area contributed by atoms with Gasteiger partial charge in [0.2, 0.25) is 0 Å². The third-order valence-electron chi connectivity index (χ3n) is 5.65. The second-order valence-corrected chi connectivity index (χ2v) is 7.59. The van der Waals surface area contributed by atoms with Crippen molar-refractivity contribution in [3.63, 3.8) is 0 Å². The number of hydrogen-bond donors (Lipinski definition) is 2. The quantitative estimate of drug-likeness (QED) is 0.512. The van der Waals surface area contributed by atoms with E-state index < -0.39 is 41.3 Å². The minimum absolute atomic E-state index is 0.0668. The van der Waals surface area contributed by atoms with E-state index in [2.05, 4.69) is 10.6 Å². The van der Waals surface area contributed by atoms with Crippen LogP contribution in [0.4, 0.5) is 14.5 Å². The lowest BCUT2D eigenvalue weighted by Gasteiger charge is -2.36. The summed E-state index contributed by atoms with van der Waals surface area (Å²) in [5, 5.41) is 5.66. The van der Waals surface area contributed by atoms with Gasteiger partial charge in [-0.1, -0.05) is 36.4 Å². The maximum absolute atomic E-state index is 13.9. The van der Waals surface area contributed by atoms with E-state index in [0.29, 0.717) is 6.42 Å². The van der Waals surface area contributed by atoms with E-state index in [4.69, 9.17) is 9.47 Å². The lowest BCUT2D eigenvalue weighted by molar-refractivity contribution is -0.138. The first-order valence-electron chi connectivity index (χ1n) is 10.1. The van der Waals surface area contributed by atoms with Crippen LogP contribution in [0.2, 0.25) is 0 Å². The summed E-state index contributed by atoms with van der Waals surface area (Å²) in [6, 6.07) is 11.8. The fraction of sp³-hybridized carbons (Fsp3) is 0.250. The fourth-order valence-corrected chi connectivity index (χ4v) is 4.29. The van der Waals surface area contributed by atoms with E-state index in [-0.39, 0.29) is 16.8 Å². The maximum atomic E-state index is 13.9. The average molecular weight is 440 g/mol. The molecule has 0 saturated heterocycles. The molecule has 2 bridgehead atoms. The smallest absolute Gasteiger partial charge is 0.337 e. The predicted molar refractivity (Wildman–Crippen MR) is 114 cm³/mol. The van der Waals surface area contributed by atoms with Crippen LogP contribution >= 0.6 is 0 Å². The van der Waals surface area contributed by atoms with Crippen LogP contribution in [0.25, 0.3) is 0 Å². The predicted octanol–water partition coefficient (Wildman–Crippen LogP) is 2.91. The summed E-state index contributed by atoms with van der Waals surface area (Å²) in [7, 11) is 2.68. The number of rotatable bonds is 7. The van der Waals surface area contributed by atoms with Crippen LogP contribution in [-0.2, 0) is 25.5 Å². The van der Waals surface area contributed by atoms with Gasteiger partial charge in [-0.25, -0.2) is 13.6 Å². The molecule has 0 aromatic heterocycles. The molecule has 4 rings (SSSR count). The Labute approximate surface area is 183 Å². The van der Waals surface area contributed by atoms with Crippen molar-refractivity contribution in [2.24, 2.45) is 0 Å². The van der Waals surface area contributed by atoms with Crippen molar-refractivity contribution in [1.29, 1.82) is 0 Å². The van der Waals surface area contributed by atoms with E-state index in [1.165, 1.54) is 14.2 Å². The number of fused-ring (bicyclic) bond motifs is 2.